The molecule has 1 aromatic carbocycles. The number of halogens is 3. The Morgan fingerprint density at radius 2 is 2.11 bits per heavy atom. The van der Waals surface area contributed by atoms with Crippen molar-refractivity contribution in [1.29, 1.82) is 0 Å². The van der Waals surface area contributed by atoms with Crippen molar-refractivity contribution in [3.05, 3.63) is 52.8 Å². The van der Waals surface area contributed by atoms with Crippen molar-refractivity contribution in [2.45, 2.75) is 19.5 Å². The van der Waals surface area contributed by atoms with Gasteiger partial charge in [-0.25, -0.2) is 8.78 Å². The molecule has 27 heavy (non-hydrogen) atoms. The highest BCUT2D eigenvalue weighted by Gasteiger charge is 2.35. The molecule has 2 aromatic heterocycles. The van der Waals surface area contributed by atoms with Gasteiger partial charge in [0.1, 0.15) is 17.3 Å². The fourth-order valence-corrected chi connectivity index (χ4v) is 3.78. The van der Waals surface area contributed by atoms with Crippen LogP contribution >= 0.6 is 11.6 Å². The highest BCUT2D eigenvalue weighted by Crippen LogP contribution is 2.38. The second-order valence-corrected chi connectivity index (χ2v) is 6.96. The maximum absolute atomic E-state index is 14.1. The Labute approximate surface area is 158 Å². The molecule has 0 saturated carbocycles. The number of hydrogen-bond donors (Lipinski definition) is 1. The van der Waals surface area contributed by atoms with E-state index in [0.29, 0.717) is 34.4 Å². The molecule has 5 nitrogen and oxygen atoms in total. The normalized spacial score (nSPS) is 16.9. The molecule has 0 aliphatic carbocycles. The summed E-state index contributed by atoms with van der Waals surface area (Å²) in [7, 11) is 0. The Kier molecular flexibility index (Phi) is 4.36. The van der Waals surface area contributed by atoms with E-state index in [0.717, 1.165) is 6.20 Å². The Morgan fingerprint density at radius 1 is 1.33 bits per heavy atom. The third-order valence-electron chi connectivity index (χ3n) is 4.86. The van der Waals surface area contributed by atoms with Crippen molar-refractivity contribution in [2.75, 3.05) is 13.2 Å². The van der Waals surface area contributed by atoms with E-state index in [1.54, 1.807) is 15.5 Å². The lowest BCUT2D eigenvalue weighted by molar-refractivity contribution is 0.0573. The lowest BCUT2D eigenvalue weighted by Crippen LogP contribution is -2.47. The second kappa shape index (κ2) is 6.58. The molecule has 140 valence electrons. The Hall–Kier alpha value is -2.51. The van der Waals surface area contributed by atoms with Crippen LogP contribution < -0.4 is 0 Å². The van der Waals surface area contributed by atoms with Gasteiger partial charge in [-0.05, 0) is 24.6 Å². The van der Waals surface area contributed by atoms with Crippen molar-refractivity contribution >= 4 is 28.5 Å². The van der Waals surface area contributed by atoms with Gasteiger partial charge >= 0.3 is 0 Å². The molecule has 0 spiro atoms. The van der Waals surface area contributed by atoms with Gasteiger partial charge in [0.05, 0.1) is 28.9 Å². The smallest absolute Gasteiger partial charge is 0.271 e. The number of benzene rings is 1. The summed E-state index contributed by atoms with van der Waals surface area (Å²) in [6.07, 6.45) is 1.07. The molecule has 0 bridgehead atoms. The van der Waals surface area contributed by atoms with E-state index in [9.17, 15) is 18.7 Å². The molecule has 0 fully saturated rings. The number of β-amino-alcohol motifs (C(OH)–C–C–N with tert-alkyl or cyclic N) is 1. The number of pyridine rings is 1. The molecule has 1 amide bonds. The van der Waals surface area contributed by atoms with Crippen LogP contribution in [0.15, 0.2) is 30.5 Å². The molecule has 1 atom stereocenters. The topological polar surface area (TPSA) is 58.4 Å². The van der Waals surface area contributed by atoms with Crippen molar-refractivity contribution in [3.63, 3.8) is 0 Å². The molecule has 3 heterocycles. The van der Waals surface area contributed by atoms with Crippen molar-refractivity contribution in [3.8, 4) is 11.1 Å². The van der Waals surface area contributed by atoms with Crippen LogP contribution in [0.4, 0.5) is 8.78 Å². The molecule has 0 unspecified atom stereocenters. The van der Waals surface area contributed by atoms with Crippen molar-refractivity contribution in [2.24, 2.45) is 0 Å². The van der Waals surface area contributed by atoms with Crippen LogP contribution in [0.3, 0.4) is 0 Å². The van der Waals surface area contributed by atoms with Gasteiger partial charge < -0.3 is 14.6 Å². The zero-order valence-corrected chi connectivity index (χ0v) is 15.2. The summed E-state index contributed by atoms with van der Waals surface area (Å²) in [5, 5.41) is 9.27. The first-order chi connectivity index (χ1) is 12.9. The van der Waals surface area contributed by atoms with E-state index >= 15 is 0 Å². The SMILES string of the molecule is C[C@@H]1Cn2c(c(-c3ccc(Cl)c(F)c3)c3ncc(F)cc32)C(=O)N1CCO. The Morgan fingerprint density at radius 3 is 2.81 bits per heavy atom. The summed E-state index contributed by atoms with van der Waals surface area (Å²) >= 11 is 5.79. The van der Waals surface area contributed by atoms with Crippen LogP contribution in [0, 0.1) is 11.6 Å². The largest absolute Gasteiger partial charge is 0.395 e. The predicted octanol–water partition coefficient (Wildman–Crippen LogP) is 3.47. The van der Waals surface area contributed by atoms with Crippen LogP contribution in [0.2, 0.25) is 5.02 Å². The molecule has 3 aromatic rings. The summed E-state index contributed by atoms with van der Waals surface area (Å²) in [5.41, 5.74) is 2.05. The standard InChI is InChI=1S/C19H16ClF2N3O2/c1-10-9-25-15-7-12(21)8-23-17(15)16(11-2-3-13(20)14(22)6-11)18(25)19(27)24(10)4-5-26/h2-3,6-8,10,26H,4-5,9H2,1H3/t10-/m1/s1. The maximum Gasteiger partial charge on any atom is 0.271 e. The summed E-state index contributed by atoms with van der Waals surface area (Å²) in [6, 6.07) is 5.39. The monoisotopic (exact) mass is 391 g/mol. The number of aliphatic hydroxyl groups is 1. The molecule has 0 radical (unpaired) electrons. The minimum Gasteiger partial charge on any atom is -0.395 e. The molecular weight excluding hydrogens is 376 g/mol. The summed E-state index contributed by atoms with van der Waals surface area (Å²) in [4.78, 5) is 18.9. The number of amides is 1. The third-order valence-corrected chi connectivity index (χ3v) is 5.17. The van der Waals surface area contributed by atoms with Gasteiger partial charge in [0, 0.05) is 30.8 Å². The number of aromatic nitrogens is 2. The van der Waals surface area contributed by atoms with Gasteiger partial charge in [-0.3, -0.25) is 9.78 Å². The van der Waals surface area contributed by atoms with Crippen molar-refractivity contribution in [1.82, 2.24) is 14.5 Å². The average molecular weight is 392 g/mol. The molecule has 1 aliphatic rings. The lowest BCUT2D eigenvalue weighted by atomic mass is 10.0. The predicted molar refractivity (Wildman–Crippen MR) is 97.7 cm³/mol. The number of carbonyl (C=O) groups is 1. The van der Waals surface area contributed by atoms with Gasteiger partial charge in [0.15, 0.2) is 0 Å². The van der Waals surface area contributed by atoms with Gasteiger partial charge in [-0.2, -0.15) is 0 Å². The number of rotatable bonds is 3. The van der Waals surface area contributed by atoms with Gasteiger partial charge in [-0.15, -0.1) is 0 Å². The molecule has 1 N–H and O–H groups in total. The quantitative estimate of drug-likeness (QED) is 0.743. The summed E-state index contributed by atoms with van der Waals surface area (Å²) in [6.45, 7) is 2.28. The van der Waals surface area contributed by atoms with E-state index in [4.69, 9.17) is 11.6 Å². The van der Waals surface area contributed by atoms with Gasteiger partial charge in [-0.1, -0.05) is 17.7 Å². The van der Waals surface area contributed by atoms with E-state index in [2.05, 4.69) is 4.98 Å². The highest BCUT2D eigenvalue weighted by molar-refractivity contribution is 6.30. The van der Waals surface area contributed by atoms with E-state index in [-0.39, 0.29) is 30.1 Å². The van der Waals surface area contributed by atoms with E-state index in [1.807, 2.05) is 6.92 Å². The molecule has 1 aliphatic heterocycles. The fourth-order valence-electron chi connectivity index (χ4n) is 3.66. The number of fused-ring (bicyclic) bond motifs is 3. The van der Waals surface area contributed by atoms with Crippen LogP contribution in [0.1, 0.15) is 17.4 Å². The van der Waals surface area contributed by atoms with Crippen LogP contribution in [-0.2, 0) is 6.54 Å². The van der Waals surface area contributed by atoms with E-state index in [1.165, 1.54) is 18.2 Å². The average Bonchev–Trinajstić information content (AvgIpc) is 2.95. The first kappa shape index (κ1) is 17.9. The molecular formula is C19H16ClF2N3O2. The molecule has 0 saturated heterocycles. The highest BCUT2D eigenvalue weighted by atomic mass is 35.5. The summed E-state index contributed by atoms with van der Waals surface area (Å²) in [5.74, 6) is -1.45. The maximum atomic E-state index is 14.1. The van der Waals surface area contributed by atoms with Crippen molar-refractivity contribution < 1.29 is 18.7 Å². The minimum absolute atomic E-state index is 0.0306. The lowest BCUT2D eigenvalue weighted by Gasteiger charge is -2.34. The third kappa shape index (κ3) is 2.78. The summed E-state index contributed by atoms with van der Waals surface area (Å²) < 4.78 is 29.6. The molecule has 4 rings (SSSR count). The Balaban J connectivity index is 2.04. The minimum atomic E-state index is -0.617. The van der Waals surface area contributed by atoms with Crippen LogP contribution in [0.25, 0.3) is 22.2 Å². The fraction of sp³-hybridized carbons (Fsp3) is 0.263. The van der Waals surface area contributed by atoms with Gasteiger partial charge in [0.2, 0.25) is 0 Å². The van der Waals surface area contributed by atoms with Crippen LogP contribution in [-0.4, -0.2) is 44.7 Å². The first-order valence-corrected chi connectivity index (χ1v) is 8.85. The number of aliphatic hydroxyl groups excluding tert-OH is 1. The Bertz CT molecular complexity index is 1070. The second-order valence-electron chi connectivity index (χ2n) is 6.56. The van der Waals surface area contributed by atoms with Gasteiger partial charge in [0.25, 0.3) is 5.91 Å². The number of nitrogens with zero attached hydrogens (tertiary/aromatic N) is 3. The van der Waals surface area contributed by atoms with Crippen LogP contribution in [0.5, 0.6) is 0 Å². The zero-order valence-electron chi connectivity index (χ0n) is 14.4. The number of carbonyl (C=O) groups excluding carboxylic acids is 1. The molecule has 8 heteroatoms. The zero-order chi connectivity index (χ0) is 19.3. The van der Waals surface area contributed by atoms with E-state index < -0.39 is 11.6 Å². The number of hydrogen-bond acceptors (Lipinski definition) is 3. The first-order valence-electron chi connectivity index (χ1n) is 8.47.